The minimum absolute atomic E-state index is 0.0536. The van der Waals surface area contributed by atoms with Crippen molar-refractivity contribution in [3.63, 3.8) is 0 Å². The highest BCUT2D eigenvalue weighted by Gasteiger charge is 2.24. The number of rotatable bonds is 8. The molecule has 0 fully saturated rings. The second-order valence-corrected chi connectivity index (χ2v) is 9.68. The van der Waals surface area contributed by atoms with Crippen LogP contribution in [0.5, 0.6) is 0 Å². The number of nitrogens with one attached hydrogen (secondary N) is 3. The molecule has 0 radical (unpaired) electrons. The lowest BCUT2D eigenvalue weighted by molar-refractivity contribution is 0.0940. The van der Waals surface area contributed by atoms with Gasteiger partial charge >= 0.3 is 0 Å². The molecule has 0 bridgehead atoms. The third-order valence-corrected chi connectivity index (χ3v) is 6.84. The van der Waals surface area contributed by atoms with E-state index in [1.54, 1.807) is 24.0 Å². The fourth-order valence-electron chi connectivity index (χ4n) is 4.84. The molecule has 11 heteroatoms. The lowest BCUT2D eigenvalue weighted by Crippen LogP contribution is -2.33. The number of anilines is 1. The lowest BCUT2D eigenvalue weighted by Gasteiger charge is -2.21. The Hall–Kier alpha value is -5.63. The molecule has 0 saturated carbocycles. The number of allylic oxidation sites excluding steroid dienone is 2. The van der Waals surface area contributed by atoms with Crippen LogP contribution < -0.4 is 27.2 Å². The van der Waals surface area contributed by atoms with Crippen LogP contribution >= 0.6 is 0 Å². The van der Waals surface area contributed by atoms with E-state index >= 15 is 0 Å². The first-order chi connectivity index (χ1) is 20.4. The summed E-state index contributed by atoms with van der Waals surface area (Å²) in [4.78, 5) is 36.0. The van der Waals surface area contributed by atoms with Gasteiger partial charge in [-0.15, -0.1) is 0 Å². The molecular weight excluding hydrogens is 530 g/mol. The molecule has 0 saturated heterocycles. The third-order valence-electron chi connectivity index (χ3n) is 6.84. The summed E-state index contributed by atoms with van der Waals surface area (Å²) in [6.45, 7) is 6.48. The van der Waals surface area contributed by atoms with Crippen LogP contribution in [0.2, 0.25) is 0 Å². The van der Waals surface area contributed by atoms with Crippen molar-refractivity contribution in [2.24, 2.45) is 12.0 Å². The standard InChI is InChI=1S/C31H31N9O2/c1-4-13-35-29-27(28(32)38-39(29)3)30(41)37-20(2)25-16-23-9-5-8-22(11-10-21-7-6-14-33-17-21)26(23)31(42)40(25)15-12-24-18-34-19-36-24/h4-9,13-14,16-18,20,34,36H,1,12,15,19H2,2-3H3,(H2,32,38)(H,37,41)/b35-13-. The van der Waals surface area contributed by atoms with Crippen molar-refractivity contribution in [1.29, 1.82) is 0 Å². The van der Waals surface area contributed by atoms with E-state index in [-0.39, 0.29) is 16.9 Å². The Morgan fingerprint density at radius 3 is 2.90 bits per heavy atom. The summed E-state index contributed by atoms with van der Waals surface area (Å²) in [6, 6.07) is 10.6. The predicted molar refractivity (Wildman–Crippen MR) is 164 cm³/mol. The smallest absolute Gasteiger partial charge is 0.259 e. The molecule has 11 nitrogen and oxygen atoms in total. The Bertz CT molecular complexity index is 1840. The van der Waals surface area contributed by atoms with Crippen LogP contribution in [0.15, 0.2) is 83.1 Å². The van der Waals surface area contributed by atoms with Crippen molar-refractivity contribution in [1.82, 2.24) is 35.3 Å². The highest BCUT2D eigenvalue weighted by molar-refractivity contribution is 6.03. The zero-order valence-electron chi connectivity index (χ0n) is 23.4. The number of fused-ring (bicyclic) bond motifs is 1. The molecule has 0 spiro atoms. The summed E-state index contributed by atoms with van der Waals surface area (Å²) < 4.78 is 3.14. The maximum atomic E-state index is 14.1. The first-order valence-corrected chi connectivity index (χ1v) is 13.4. The van der Waals surface area contributed by atoms with Crippen LogP contribution in [0, 0.1) is 11.8 Å². The van der Waals surface area contributed by atoms with Crippen LogP contribution in [0.1, 0.15) is 46.6 Å². The molecule has 0 aliphatic carbocycles. The fourth-order valence-corrected chi connectivity index (χ4v) is 4.84. The van der Waals surface area contributed by atoms with Gasteiger partial charge in [-0.2, -0.15) is 5.10 Å². The first kappa shape index (κ1) is 27.9. The Kier molecular flexibility index (Phi) is 8.15. The predicted octanol–water partition coefficient (Wildman–Crippen LogP) is 2.87. The molecule has 4 heterocycles. The quantitative estimate of drug-likeness (QED) is 0.191. The molecule has 42 heavy (non-hydrogen) atoms. The number of nitrogen functional groups attached to an aromatic ring is 1. The number of aromatic nitrogens is 4. The van der Waals surface area contributed by atoms with E-state index in [1.165, 1.54) is 17.0 Å². The number of carbonyl (C=O) groups excluding carboxylic acids is 1. The number of nitrogens with zero attached hydrogens (tertiary/aromatic N) is 5. The molecule has 1 unspecified atom stereocenters. The second-order valence-electron chi connectivity index (χ2n) is 9.68. The Morgan fingerprint density at radius 1 is 1.31 bits per heavy atom. The number of benzene rings is 1. The summed E-state index contributed by atoms with van der Waals surface area (Å²) >= 11 is 0. The van der Waals surface area contributed by atoms with Crippen molar-refractivity contribution in [3.8, 4) is 11.8 Å². The minimum Gasteiger partial charge on any atom is -0.381 e. The van der Waals surface area contributed by atoms with Gasteiger partial charge in [-0.3, -0.25) is 14.6 Å². The largest absolute Gasteiger partial charge is 0.381 e. The Balaban J connectivity index is 1.56. The lowest BCUT2D eigenvalue weighted by atomic mass is 10.0. The molecular formula is C31H31N9O2. The number of pyridine rings is 2. The summed E-state index contributed by atoms with van der Waals surface area (Å²) in [6.07, 6.45) is 8.82. The molecule has 1 atom stereocenters. The molecule has 1 aliphatic rings. The van der Waals surface area contributed by atoms with Gasteiger partial charge in [0.2, 0.25) is 0 Å². The topological polar surface area (TPSA) is 144 Å². The third kappa shape index (κ3) is 5.78. The number of hydrogen-bond donors (Lipinski definition) is 4. The first-order valence-electron chi connectivity index (χ1n) is 13.4. The van der Waals surface area contributed by atoms with E-state index < -0.39 is 11.9 Å². The van der Waals surface area contributed by atoms with Crippen molar-refractivity contribution >= 4 is 34.5 Å². The molecule has 1 aromatic carbocycles. The zero-order chi connectivity index (χ0) is 29.6. The van der Waals surface area contributed by atoms with Crippen molar-refractivity contribution in [2.75, 3.05) is 12.4 Å². The monoisotopic (exact) mass is 561 g/mol. The van der Waals surface area contributed by atoms with Crippen LogP contribution in [-0.4, -0.2) is 38.1 Å². The number of aryl methyl sites for hydroxylation is 1. The van der Waals surface area contributed by atoms with Crippen LogP contribution in [0.4, 0.5) is 11.6 Å². The van der Waals surface area contributed by atoms with Gasteiger partial charge in [0.1, 0.15) is 5.56 Å². The van der Waals surface area contributed by atoms with Gasteiger partial charge in [0.25, 0.3) is 11.5 Å². The summed E-state index contributed by atoms with van der Waals surface area (Å²) in [5, 5.41) is 14.8. The highest BCUT2D eigenvalue weighted by Crippen LogP contribution is 2.26. The summed E-state index contributed by atoms with van der Waals surface area (Å²) in [7, 11) is 1.66. The van der Waals surface area contributed by atoms with E-state index in [0.29, 0.717) is 42.1 Å². The molecule has 4 aromatic rings. The molecule has 1 amide bonds. The highest BCUT2D eigenvalue weighted by atomic mass is 16.2. The molecule has 5 rings (SSSR count). The van der Waals surface area contributed by atoms with E-state index in [1.807, 2.05) is 49.5 Å². The van der Waals surface area contributed by atoms with Gasteiger partial charge in [0.15, 0.2) is 11.6 Å². The average Bonchev–Trinajstić information content (AvgIpc) is 3.61. The van der Waals surface area contributed by atoms with E-state index in [2.05, 4.69) is 49.4 Å². The van der Waals surface area contributed by atoms with E-state index in [9.17, 15) is 9.59 Å². The molecule has 212 valence electrons. The summed E-state index contributed by atoms with van der Waals surface area (Å²) in [5.74, 6) is 6.16. The van der Waals surface area contributed by atoms with Crippen molar-refractivity contribution < 1.29 is 4.79 Å². The SMILES string of the molecule is C=C/C=N\c1c(C(=O)NC(C)c2cc3cccc(C#Cc4cccnc4)c3c(=O)n2CCC2=CNCN2)c(N)nn1C. The van der Waals surface area contributed by atoms with E-state index in [4.69, 9.17) is 5.73 Å². The molecule has 1 aliphatic heterocycles. The summed E-state index contributed by atoms with van der Waals surface area (Å²) in [5.41, 5.74) is 9.03. The second kappa shape index (κ2) is 12.3. The van der Waals surface area contributed by atoms with Crippen LogP contribution in [0.25, 0.3) is 10.8 Å². The Morgan fingerprint density at radius 2 is 2.17 bits per heavy atom. The Labute approximate surface area is 242 Å². The van der Waals surface area contributed by atoms with E-state index in [0.717, 1.165) is 16.6 Å². The van der Waals surface area contributed by atoms with Crippen molar-refractivity contribution in [3.05, 3.63) is 106 Å². The fraction of sp³-hybridized carbons (Fsp3) is 0.194. The van der Waals surface area contributed by atoms with Gasteiger partial charge < -0.3 is 26.3 Å². The van der Waals surface area contributed by atoms with Gasteiger partial charge in [-0.1, -0.05) is 36.6 Å². The number of carbonyl (C=O) groups is 1. The maximum Gasteiger partial charge on any atom is 0.259 e. The minimum atomic E-state index is -0.556. The maximum absolute atomic E-state index is 14.1. The number of hydrogen-bond acceptors (Lipinski definition) is 8. The van der Waals surface area contributed by atoms with Gasteiger partial charge in [-0.25, -0.2) is 9.67 Å². The number of aliphatic imine (C=N–C) groups is 1. The van der Waals surface area contributed by atoms with Crippen molar-refractivity contribution in [2.45, 2.75) is 25.9 Å². The molecule has 5 N–H and O–H groups in total. The van der Waals surface area contributed by atoms with Crippen LogP contribution in [0.3, 0.4) is 0 Å². The van der Waals surface area contributed by atoms with Gasteiger partial charge in [0.05, 0.1) is 18.1 Å². The van der Waals surface area contributed by atoms with Crippen LogP contribution in [-0.2, 0) is 13.6 Å². The number of amides is 1. The zero-order valence-corrected chi connectivity index (χ0v) is 23.4. The number of nitrogens with two attached hydrogens (primary N) is 1. The molecule has 3 aromatic heterocycles. The normalized spacial score (nSPS) is 13.1. The van der Waals surface area contributed by atoms with Gasteiger partial charge in [-0.05, 0) is 36.6 Å². The van der Waals surface area contributed by atoms with Gasteiger partial charge in [0, 0.05) is 67.3 Å². The average molecular weight is 562 g/mol.